The number of halogens is 1. The van der Waals surface area contributed by atoms with Gasteiger partial charge in [0.25, 0.3) is 0 Å². The lowest BCUT2D eigenvalue weighted by Gasteiger charge is -2.52. The van der Waals surface area contributed by atoms with Crippen LogP contribution in [-0.4, -0.2) is 24.2 Å². The zero-order chi connectivity index (χ0) is 17.8. The Bertz CT molecular complexity index is 719. The van der Waals surface area contributed by atoms with Gasteiger partial charge in [-0.3, -0.25) is 9.59 Å². The second kappa shape index (κ2) is 5.84. The van der Waals surface area contributed by atoms with E-state index >= 15 is 0 Å². The molecule has 0 aromatic heterocycles. The van der Waals surface area contributed by atoms with E-state index in [-0.39, 0.29) is 23.0 Å². The predicted molar refractivity (Wildman–Crippen MR) is 100 cm³/mol. The molecule has 1 aliphatic carbocycles. The van der Waals surface area contributed by atoms with E-state index in [0.29, 0.717) is 19.3 Å². The molecular formula is C21H26ClNO2. The molecule has 1 spiro atoms. The Hall–Kier alpha value is -1.35. The number of anilines is 1. The van der Waals surface area contributed by atoms with E-state index in [1.807, 2.05) is 32.0 Å². The van der Waals surface area contributed by atoms with Gasteiger partial charge >= 0.3 is 0 Å². The van der Waals surface area contributed by atoms with Crippen LogP contribution in [0.15, 0.2) is 18.2 Å². The second-order valence-electron chi connectivity index (χ2n) is 8.84. The monoisotopic (exact) mass is 359 g/mol. The minimum absolute atomic E-state index is 0.00272. The fourth-order valence-electron chi connectivity index (χ4n) is 5.25. The molecule has 1 saturated heterocycles. The minimum atomic E-state index is -0.847. The van der Waals surface area contributed by atoms with E-state index in [4.69, 9.17) is 11.6 Å². The van der Waals surface area contributed by atoms with Gasteiger partial charge < -0.3 is 4.90 Å². The van der Waals surface area contributed by atoms with Crippen molar-refractivity contribution >= 4 is 28.9 Å². The summed E-state index contributed by atoms with van der Waals surface area (Å²) in [4.78, 5) is 29.1. The lowest BCUT2D eigenvalue weighted by atomic mass is 9.56. The number of nitrogens with zero attached hydrogens (tertiary/aromatic N) is 1. The molecule has 0 N–H and O–H groups in total. The fourth-order valence-corrected chi connectivity index (χ4v) is 5.42. The zero-order valence-electron chi connectivity index (χ0n) is 15.1. The van der Waals surface area contributed by atoms with Crippen LogP contribution in [0.25, 0.3) is 0 Å². The molecule has 1 aromatic carbocycles. The minimum Gasteiger partial charge on any atom is -0.367 e. The van der Waals surface area contributed by atoms with Crippen molar-refractivity contribution in [3.8, 4) is 0 Å². The first-order chi connectivity index (χ1) is 11.8. The molecule has 2 aliphatic heterocycles. The van der Waals surface area contributed by atoms with Crippen molar-refractivity contribution < 1.29 is 9.59 Å². The van der Waals surface area contributed by atoms with Gasteiger partial charge in [0.05, 0.1) is 0 Å². The standard InChI is InChI=1S/C21H26ClNO2/c1-20(2)12-18(24)21(19(25)13-20)11-14-7-8-15(22)10-16(14)23-9-5-3-4-6-17(21)23/h7-8,10,17H,3-6,9,11-13H2,1-2H3. The molecule has 1 aromatic rings. The summed E-state index contributed by atoms with van der Waals surface area (Å²) in [6.07, 6.45) is 5.83. The second-order valence-corrected chi connectivity index (χ2v) is 9.28. The number of hydrogen-bond donors (Lipinski definition) is 0. The third-order valence-electron chi connectivity index (χ3n) is 6.42. The quantitative estimate of drug-likeness (QED) is 0.636. The first-order valence-electron chi connectivity index (χ1n) is 9.45. The molecule has 4 heteroatoms. The molecule has 1 atom stereocenters. The van der Waals surface area contributed by atoms with Gasteiger partial charge in [0, 0.05) is 36.1 Å². The summed E-state index contributed by atoms with van der Waals surface area (Å²) in [7, 11) is 0. The van der Waals surface area contributed by atoms with Crippen molar-refractivity contribution in [2.45, 2.75) is 64.8 Å². The van der Waals surface area contributed by atoms with Gasteiger partial charge in [0.1, 0.15) is 17.0 Å². The number of fused-ring (bicyclic) bond motifs is 4. The number of rotatable bonds is 0. The Morgan fingerprint density at radius 3 is 2.48 bits per heavy atom. The van der Waals surface area contributed by atoms with Crippen LogP contribution in [-0.2, 0) is 16.0 Å². The molecule has 1 saturated carbocycles. The molecular weight excluding hydrogens is 334 g/mol. The Kier molecular flexibility index (Phi) is 3.99. The highest BCUT2D eigenvalue weighted by atomic mass is 35.5. The topological polar surface area (TPSA) is 37.4 Å². The number of carbonyl (C=O) groups excluding carboxylic acids is 2. The van der Waals surface area contributed by atoms with Gasteiger partial charge in [-0.05, 0) is 42.4 Å². The van der Waals surface area contributed by atoms with E-state index in [9.17, 15) is 9.59 Å². The smallest absolute Gasteiger partial charge is 0.149 e. The van der Waals surface area contributed by atoms with Gasteiger partial charge in [0.15, 0.2) is 0 Å². The van der Waals surface area contributed by atoms with Crippen molar-refractivity contribution in [1.29, 1.82) is 0 Å². The molecule has 25 heavy (non-hydrogen) atoms. The van der Waals surface area contributed by atoms with Crippen LogP contribution in [0.2, 0.25) is 5.02 Å². The third-order valence-corrected chi connectivity index (χ3v) is 6.66. The van der Waals surface area contributed by atoms with E-state index in [2.05, 4.69) is 4.90 Å². The van der Waals surface area contributed by atoms with Crippen LogP contribution in [0, 0.1) is 10.8 Å². The third kappa shape index (κ3) is 2.63. The number of carbonyl (C=O) groups is 2. The summed E-state index contributed by atoms with van der Waals surface area (Å²) in [5.41, 5.74) is 1.18. The molecule has 2 fully saturated rings. The molecule has 0 bridgehead atoms. The summed E-state index contributed by atoms with van der Waals surface area (Å²) in [6, 6.07) is 5.91. The van der Waals surface area contributed by atoms with Crippen molar-refractivity contribution in [2.24, 2.45) is 10.8 Å². The van der Waals surface area contributed by atoms with Crippen LogP contribution >= 0.6 is 11.6 Å². The summed E-state index contributed by atoms with van der Waals surface area (Å²) in [5.74, 6) is 0.317. The molecule has 4 rings (SSSR count). The zero-order valence-corrected chi connectivity index (χ0v) is 15.9. The Labute approximate surface area is 154 Å². The number of Topliss-reactive ketones (excluding diaryl/α,β-unsaturated/α-hetero) is 2. The van der Waals surface area contributed by atoms with Crippen molar-refractivity contribution in [2.75, 3.05) is 11.4 Å². The molecule has 0 radical (unpaired) electrons. The molecule has 3 nitrogen and oxygen atoms in total. The van der Waals surface area contributed by atoms with Gasteiger partial charge in [0.2, 0.25) is 0 Å². The van der Waals surface area contributed by atoms with Gasteiger partial charge in [-0.2, -0.15) is 0 Å². The van der Waals surface area contributed by atoms with E-state index in [1.54, 1.807) is 0 Å². The Morgan fingerprint density at radius 1 is 1.04 bits per heavy atom. The van der Waals surface area contributed by atoms with Crippen LogP contribution in [0.4, 0.5) is 5.69 Å². The van der Waals surface area contributed by atoms with Crippen molar-refractivity contribution in [1.82, 2.24) is 0 Å². The highest BCUT2D eigenvalue weighted by Gasteiger charge is 2.59. The largest absolute Gasteiger partial charge is 0.367 e. The van der Waals surface area contributed by atoms with Crippen molar-refractivity contribution in [3.05, 3.63) is 28.8 Å². The summed E-state index contributed by atoms with van der Waals surface area (Å²) in [6.45, 7) is 4.98. The van der Waals surface area contributed by atoms with Gasteiger partial charge in [-0.25, -0.2) is 0 Å². The summed E-state index contributed by atoms with van der Waals surface area (Å²) < 4.78 is 0. The van der Waals surface area contributed by atoms with Crippen LogP contribution in [0.3, 0.4) is 0 Å². The molecule has 1 unspecified atom stereocenters. The molecule has 2 heterocycles. The SMILES string of the molecule is CC1(C)CC(=O)C2(Cc3ccc(Cl)cc3N3CCCCCC32)C(=O)C1. The van der Waals surface area contributed by atoms with Crippen LogP contribution < -0.4 is 4.90 Å². The summed E-state index contributed by atoms with van der Waals surface area (Å²) in [5, 5.41) is 0.722. The maximum Gasteiger partial charge on any atom is 0.149 e. The normalized spacial score (nSPS) is 27.6. The Balaban J connectivity index is 1.87. The molecule has 134 valence electrons. The van der Waals surface area contributed by atoms with E-state index < -0.39 is 5.41 Å². The van der Waals surface area contributed by atoms with Gasteiger partial charge in [-0.15, -0.1) is 0 Å². The summed E-state index contributed by atoms with van der Waals surface area (Å²) >= 11 is 6.26. The van der Waals surface area contributed by atoms with Crippen LogP contribution in [0.1, 0.15) is 57.9 Å². The number of hydrogen-bond acceptors (Lipinski definition) is 3. The number of ketones is 2. The lowest BCUT2D eigenvalue weighted by molar-refractivity contribution is -0.150. The van der Waals surface area contributed by atoms with E-state index in [0.717, 1.165) is 48.5 Å². The molecule has 3 aliphatic rings. The van der Waals surface area contributed by atoms with Crippen LogP contribution in [0.5, 0.6) is 0 Å². The fraction of sp³-hybridized carbons (Fsp3) is 0.619. The predicted octanol–water partition coefficient (Wildman–Crippen LogP) is 4.59. The average Bonchev–Trinajstić information content (AvgIpc) is 2.78. The van der Waals surface area contributed by atoms with Crippen molar-refractivity contribution in [3.63, 3.8) is 0 Å². The highest BCUT2D eigenvalue weighted by Crippen LogP contribution is 2.52. The average molecular weight is 360 g/mol. The maximum absolute atomic E-state index is 13.4. The highest BCUT2D eigenvalue weighted by molar-refractivity contribution is 6.31. The first-order valence-corrected chi connectivity index (χ1v) is 9.83. The Morgan fingerprint density at radius 2 is 1.76 bits per heavy atom. The first kappa shape index (κ1) is 17.1. The molecule has 0 amide bonds. The number of benzene rings is 1. The lowest BCUT2D eigenvalue weighted by Crippen LogP contribution is -2.63. The van der Waals surface area contributed by atoms with Gasteiger partial charge in [-0.1, -0.05) is 44.4 Å². The van der Waals surface area contributed by atoms with E-state index in [1.165, 1.54) is 0 Å². The maximum atomic E-state index is 13.4.